The molecule has 0 heterocycles. The Morgan fingerprint density at radius 2 is 2.20 bits per heavy atom. The molecule has 20 heavy (non-hydrogen) atoms. The molecule has 0 spiro atoms. The van der Waals surface area contributed by atoms with Gasteiger partial charge in [-0.1, -0.05) is 24.3 Å². The van der Waals surface area contributed by atoms with E-state index in [1.54, 1.807) is 11.8 Å². The SMILES string of the molecule is CC(O)CCN(C)C(=O)C1C2CCc3ccccc3C21. The lowest BCUT2D eigenvalue weighted by molar-refractivity contribution is -0.131. The fourth-order valence-electron chi connectivity index (χ4n) is 3.65. The van der Waals surface area contributed by atoms with E-state index in [4.69, 9.17) is 0 Å². The number of aliphatic hydroxyl groups is 1. The van der Waals surface area contributed by atoms with Crippen LogP contribution in [0, 0.1) is 11.8 Å². The third kappa shape index (κ3) is 2.35. The van der Waals surface area contributed by atoms with Gasteiger partial charge in [0, 0.05) is 19.5 Å². The van der Waals surface area contributed by atoms with Crippen molar-refractivity contribution in [2.75, 3.05) is 13.6 Å². The van der Waals surface area contributed by atoms with Crippen molar-refractivity contribution in [3.8, 4) is 0 Å². The molecule has 1 aromatic rings. The molecule has 0 aromatic heterocycles. The lowest BCUT2D eigenvalue weighted by Crippen LogP contribution is -2.31. The molecule has 0 aliphatic heterocycles. The fourth-order valence-corrected chi connectivity index (χ4v) is 3.65. The summed E-state index contributed by atoms with van der Waals surface area (Å²) in [5, 5.41) is 9.34. The van der Waals surface area contributed by atoms with Gasteiger partial charge in [-0.2, -0.15) is 0 Å². The van der Waals surface area contributed by atoms with Crippen LogP contribution in [0.5, 0.6) is 0 Å². The van der Waals surface area contributed by atoms with Gasteiger partial charge in [-0.05, 0) is 49.1 Å². The van der Waals surface area contributed by atoms with Gasteiger partial charge >= 0.3 is 0 Å². The van der Waals surface area contributed by atoms with Gasteiger partial charge in [-0.15, -0.1) is 0 Å². The smallest absolute Gasteiger partial charge is 0.226 e. The summed E-state index contributed by atoms with van der Waals surface area (Å²) in [6.07, 6.45) is 2.56. The first-order chi connectivity index (χ1) is 9.59. The molecular weight excluding hydrogens is 250 g/mol. The molecule has 1 saturated carbocycles. The molecule has 4 atom stereocenters. The molecule has 108 valence electrons. The van der Waals surface area contributed by atoms with Crippen molar-refractivity contribution >= 4 is 5.91 Å². The summed E-state index contributed by atoms with van der Waals surface area (Å²) < 4.78 is 0. The second-order valence-electron chi connectivity index (χ2n) is 6.35. The zero-order chi connectivity index (χ0) is 14.3. The minimum Gasteiger partial charge on any atom is -0.393 e. The monoisotopic (exact) mass is 273 g/mol. The Balaban J connectivity index is 1.68. The number of nitrogens with zero attached hydrogens (tertiary/aromatic N) is 1. The zero-order valence-electron chi connectivity index (χ0n) is 12.2. The molecular formula is C17H23NO2. The highest BCUT2D eigenvalue weighted by atomic mass is 16.3. The number of benzene rings is 1. The van der Waals surface area contributed by atoms with Crippen LogP contribution in [0.15, 0.2) is 24.3 Å². The van der Waals surface area contributed by atoms with Gasteiger partial charge in [0.25, 0.3) is 0 Å². The molecule has 1 aromatic carbocycles. The second kappa shape index (κ2) is 5.21. The van der Waals surface area contributed by atoms with Gasteiger partial charge < -0.3 is 10.0 Å². The van der Waals surface area contributed by atoms with Crippen LogP contribution in [0.25, 0.3) is 0 Å². The van der Waals surface area contributed by atoms with Crippen LogP contribution in [0.1, 0.15) is 36.8 Å². The molecule has 0 saturated heterocycles. The molecule has 1 N–H and O–H groups in total. The Labute approximate surface area is 120 Å². The Hall–Kier alpha value is -1.35. The first-order valence-corrected chi connectivity index (χ1v) is 7.60. The van der Waals surface area contributed by atoms with E-state index >= 15 is 0 Å². The first kappa shape index (κ1) is 13.6. The number of amides is 1. The average molecular weight is 273 g/mol. The lowest BCUT2D eigenvalue weighted by atomic mass is 9.92. The van der Waals surface area contributed by atoms with E-state index in [2.05, 4.69) is 24.3 Å². The molecule has 0 radical (unpaired) electrons. The summed E-state index contributed by atoms with van der Waals surface area (Å²) in [5.74, 6) is 1.43. The highest BCUT2D eigenvalue weighted by Gasteiger charge is 2.57. The number of fused-ring (bicyclic) bond motifs is 3. The summed E-state index contributed by atoms with van der Waals surface area (Å²) in [4.78, 5) is 14.3. The maximum atomic E-state index is 12.5. The maximum Gasteiger partial charge on any atom is 0.226 e. The molecule has 4 unspecified atom stereocenters. The van der Waals surface area contributed by atoms with Crippen molar-refractivity contribution in [1.82, 2.24) is 4.90 Å². The Bertz CT molecular complexity index is 511. The largest absolute Gasteiger partial charge is 0.393 e. The van der Waals surface area contributed by atoms with Gasteiger partial charge in [0.15, 0.2) is 0 Å². The highest BCUT2D eigenvalue weighted by molar-refractivity contribution is 5.84. The van der Waals surface area contributed by atoms with Crippen molar-refractivity contribution in [3.63, 3.8) is 0 Å². The molecule has 2 aliphatic carbocycles. The Kier molecular flexibility index (Phi) is 3.55. The third-order valence-electron chi connectivity index (χ3n) is 4.87. The summed E-state index contributed by atoms with van der Waals surface area (Å²) in [6.45, 7) is 2.42. The Morgan fingerprint density at radius 3 is 2.95 bits per heavy atom. The molecule has 0 bridgehead atoms. The van der Waals surface area contributed by atoms with Crippen LogP contribution in [-0.4, -0.2) is 35.6 Å². The second-order valence-corrected chi connectivity index (χ2v) is 6.35. The normalized spacial score (nSPS) is 28.2. The van der Waals surface area contributed by atoms with E-state index in [0.717, 1.165) is 12.8 Å². The minimum absolute atomic E-state index is 0.178. The van der Waals surface area contributed by atoms with Crippen LogP contribution in [0.3, 0.4) is 0 Å². The molecule has 2 aliphatic rings. The number of carbonyl (C=O) groups is 1. The van der Waals surface area contributed by atoms with Crippen LogP contribution in [0.4, 0.5) is 0 Å². The van der Waals surface area contributed by atoms with Gasteiger partial charge in [-0.25, -0.2) is 0 Å². The van der Waals surface area contributed by atoms with E-state index in [1.165, 1.54) is 11.1 Å². The number of hydrogen-bond acceptors (Lipinski definition) is 2. The molecule has 3 rings (SSSR count). The predicted molar refractivity (Wildman–Crippen MR) is 78.4 cm³/mol. The van der Waals surface area contributed by atoms with E-state index in [1.807, 2.05) is 7.05 Å². The van der Waals surface area contributed by atoms with Crippen molar-refractivity contribution in [1.29, 1.82) is 0 Å². The van der Waals surface area contributed by atoms with Crippen molar-refractivity contribution in [3.05, 3.63) is 35.4 Å². The summed E-state index contributed by atoms with van der Waals surface area (Å²) in [5.41, 5.74) is 2.82. The summed E-state index contributed by atoms with van der Waals surface area (Å²) in [7, 11) is 1.86. The standard InChI is InChI=1S/C17H23NO2/c1-11(19)9-10-18(2)17(20)16-14-8-7-12-5-3-4-6-13(12)15(14)16/h3-6,11,14-16,19H,7-10H2,1-2H3. The van der Waals surface area contributed by atoms with Crippen molar-refractivity contribution in [2.45, 2.75) is 38.2 Å². The van der Waals surface area contributed by atoms with Crippen LogP contribution >= 0.6 is 0 Å². The number of hydrogen-bond donors (Lipinski definition) is 1. The minimum atomic E-state index is -0.340. The van der Waals surface area contributed by atoms with Gasteiger partial charge in [0.05, 0.1) is 6.10 Å². The molecule has 3 nitrogen and oxygen atoms in total. The lowest BCUT2D eigenvalue weighted by Gasteiger charge is -2.18. The maximum absolute atomic E-state index is 12.5. The topological polar surface area (TPSA) is 40.5 Å². The van der Waals surface area contributed by atoms with E-state index in [-0.39, 0.29) is 17.9 Å². The quantitative estimate of drug-likeness (QED) is 0.913. The Morgan fingerprint density at radius 1 is 1.45 bits per heavy atom. The predicted octanol–water partition coefficient (Wildman–Crippen LogP) is 2.19. The number of aliphatic hydroxyl groups excluding tert-OH is 1. The number of aryl methyl sites for hydroxylation is 1. The first-order valence-electron chi connectivity index (χ1n) is 7.60. The molecule has 3 heteroatoms. The van der Waals surface area contributed by atoms with Gasteiger partial charge in [0.1, 0.15) is 0 Å². The van der Waals surface area contributed by atoms with Gasteiger partial charge in [0.2, 0.25) is 5.91 Å². The third-order valence-corrected chi connectivity index (χ3v) is 4.87. The summed E-state index contributed by atoms with van der Waals surface area (Å²) in [6, 6.07) is 8.56. The van der Waals surface area contributed by atoms with E-state index in [0.29, 0.717) is 24.8 Å². The van der Waals surface area contributed by atoms with E-state index in [9.17, 15) is 9.90 Å². The van der Waals surface area contributed by atoms with Crippen LogP contribution < -0.4 is 0 Å². The van der Waals surface area contributed by atoms with Gasteiger partial charge in [-0.3, -0.25) is 4.79 Å². The van der Waals surface area contributed by atoms with Crippen molar-refractivity contribution < 1.29 is 9.90 Å². The average Bonchev–Trinajstić information content (AvgIpc) is 3.18. The molecule has 1 fully saturated rings. The zero-order valence-corrected chi connectivity index (χ0v) is 12.2. The molecule has 1 amide bonds. The van der Waals surface area contributed by atoms with Crippen molar-refractivity contribution in [2.24, 2.45) is 11.8 Å². The number of rotatable bonds is 4. The highest BCUT2D eigenvalue weighted by Crippen LogP contribution is 2.60. The van der Waals surface area contributed by atoms with Crippen LogP contribution in [-0.2, 0) is 11.2 Å². The van der Waals surface area contributed by atoms with E-state index < -0.39 is 0 Å². The van der Waals surface area contributed by atoms with Crippen LogP contribution in [0.2, 0.25) is 0 Å². The fraction of sp³-hybridized carbons (Fsp3) is 0.588. The number of carbonyl (C=O) groups excluding carboxylic acids is 1. The summed E-state index contributed by atoms with van der Waals surface area (Å²) >= 11 is 0.